The smallest absolute Gasteiger partial charge is 0.331 e. The maximum Gasteiger partial charge on any atom is 0.331 e. The lowest BCUT2D eigenvalue weighted by atomic mass is 10.1. The Morgan fingerprint density at radius 1 is 0.769 bits per heavy atom. The van der Waals surface area contributed by atoms with Gasteiger partial charge in [0.25, 0.3) is 0 Å². The first kappa shape index (κ1) is 26.1. The standard InChI is InChI=1S/C32H27NO5S/c34-32(37-22-25-14-6-2-7-15-25)30(20-24-12-4-1-5-13-24)33-31-29-19-11-10-16-26(29)21-27(38-31)23-39(35,36)28-17-8-3-9-18-28/h1-19,21,30H,20,22-23H2/t30-/m0/s1. The summed E-state index contributed by atoms with van der Waals surface area (Å²) in [6.07, 6.45) is 0.296. The van der Waals surface area contributed by atoms with Gasteiger partial charge in [0.2, 0.25) is 5.55 Å². The van der Waals surface area contributed by atoms with Gasteiger partial charge in [-0.2, -0.15) is 0 Å². The van der Waals surface area contributed by atoms with Crippen molar-refractivity contribution in [3.05, 3.63) is 144 Å². The molecule has 0 bridgehead atoms. The van der Waals surface area contributed by atoms with E-state index in [0.29, 0.717) is 11.8 Å². The Bertz CT molecular complexity index is 1730. The number of carbonyl (C=O) groups is 1. The zero-order chi connectivity index (χ0) is 27.1. The Hall–Kier alpha value is -4.49. The van der Waals surface area contributed by atoms with Gasteiger partial charge in [-0.25, -0.2) is 18.2 Å². The minimum Gasteiger partial charge on any atom is -0.459 e. The molecule has 0 aliphatic heterocycles. The molecule has 1 aromatic heterocycles. The van der Waals surface area contributed by atoms with Crippen molar-refractivity contribution in [2.45, 2.75) is 29.7 Å². The van der Waals surface area contributed by atoms with E-state index in [-0.39, 0.29) is 28.6 Å². The van der Waals surface area contributed by atoms with Gasteiger partial charge in [0, 0.05) is 11.8 Å². The summed E-state index contributed by atoms with van der Waals surface area (Å²) in [7, 11) is -3.66. The van der Waals surface area contributed by atoms with Crippen LogP contribution in [-0.4, -0.2) is 20.4 Å². The number of hydrogen-bond acceptors (Lipinski definition) is 6. The summed E-state index contributed by atoms with van der Waals surface area (Å²) in [6, 6.07) is 35.4. The fourth-order valence-corrected chi connectivity index (χ4v) is 5.51. The number of carbonyl (C=O) groups excluding carboxylic acids is 1. The van der Waals surface area contributed by atoms with Crippen LogP contribution >= 0.6 is 0 Å². The van der Waals surface area contributed by atoms with Crippen molar-refractivity contribution in [3.63, 3.8) is 0 Å². The van der Waals surface area contributed by atoms with Crippen molar-refractivity contribution < 1.29 is 22.4 Å². The maximum atomic E-state index is 13.3. The first-order chi connectivity index (χ1) is 19.0. The first-order valence-corrected chi connectivity index (χ1v) is 14.2. The fourth-order valence-electron chi connectivity index (χ4n) is 4.25. The molecule has 4 aromatic carbocycles. The zero-order valence-corrected chi connectivity index (χ0v) is 22.0. The Labute approximate surface area is 227 Å². The third-order valence-corrected chi connectivity index (χ3v) is 7.87. The fraction of sp³-hybridized carbons (Fsp3) is 0.125. The van der Waals surface area contributed by atoms with Crippen molar-refractivity contribution in [2.75, 3.05) is 0 Å². The molecule has 196 valence electrons. The van der Waals surface area contributed by atoms with E-state index >= 15 is 0 Å². The molecule has 39 heavy (non-hydrogen) atoms. The largest absolute Gasteiger partial charge is 0.459 e. The topological polar surface area (TPSA) is 85.9 Å². The normalized spacial score (nSPS) is 12.8. The third-order valence-electron chi connectivity index (χ3n) is 6.21. The van der Waals surface area contributed by atoms with Crippen molar-refractivity contribution >= 4 is 26.6 Å². The SMILES string of the molecule is O=C(OCc1ccccc1)[C@H](Cc1ccccc1)N=c1oc(CS(=O)(=O)c2ccccc2)cc2ccccc12. The molecule has 0 aliphatic rings. The highest BCUT2D eigenvalue weighted by Gasteiger charge is 2.22. The van der Waals surface area contributed by atoms with Gasteiger partial charge in [-0.3, -0.25) is 0 Å². The maximum absolute atomic E-state index is 13.3. The molecule has 0 aliphatic carbocycles. The average Bonchev–Trinajstić information content (AvgIpc) is 2.97. The Morgan fingerprint density at radius 2 is 1.36 bits per heavy atom. The predicted molar refractivity (Wildman–Crippen MR) is 149 cm³/mol. The number of hydrogen-bond donors (Lipinski definition) is 0. The van der Waals surface area contributed by atoms with Crippen molar-refractivity contribution in [1.29, 1.82) is 0 Å². The number of nitrogens with zero attached hydrogens (tertiary/aromatic N) is 1. The minimum absolute atomic E-state index is 0.119. The van der Waals surface area contributed by atoms with Crippen LogP contribution in [0.25, 0.3) is 10.8 Å². The number of rotatable bonds is 9. The summed E-state index contributed by atoms with van der Waals surface area (Å²) in [5.74, 6) is -0.608. The van der Waals surface area contributed by atoms with E-state index in [1.54, 1.807) is 36.4 Å². The van der Waals surface area contributed by atoms with Gasteiger partial charge in [0.05, 0.1) is 4.90 Å². The second-order valence-electron chi connectivity index (χ2n) is 9.11. The van der Waals surface area contributed by atoms with Crippen molar-refractivity contribution in [2.24, 2.45) is 4.99 Å². The van der Waals surface area contributed by atoms with Crippen LogP contribution in [0.15, 0.2) is 136 Å². The van der Waals surface area contributed by atoms with Crippen LogP contribution < -0.4 is 5.55 Å². The number of ether oxygens (including phenoxy) is 1. The van der Waals surface area contributed by atoms with Crippen LogP contribution in [0.4, 0.5) is 0 Å². The molecule has 7 heteroatoms. The second-order valence-corrected chi connectivity index (χ2v) is 11.1. The Kier molecular flexibility index (Phi) is 7.99. The van der Waals surface area contributed by atoms with E-state index in [1.807, 2.05) is 84.9 Å². The Balaban J connectivity index is 1.54. The highest BCUT2D eigenvalue weighted by Crippen LogP contribution is 2.19. The highest BCUT2D eigenvalue weighted by atomic mass is 32.2. The van der Waals surface area contributed by atoms with Crippen molar-refractivity contribution in [1.82, 2.24) is 0 Å². The lowest BCUT2D eigenvalue weighted by Crippen LogP contribution is -2.27. The van der Waals surface area contributed by atoms with Crippen LogP contribution in [-0.2, 0) is 38.1 Å². The predicted octanol–water partition coefficient (Wildman–Crippen LogP) is 5.66. The van der Waals surface area contributed by atoms with Crippen LogP contribution in [0.3, 0.4) is 0 Å². The highest BCUT2D eigenvalue weighted by molar-refractivity contribution is 7.90. The van der Waals surface area contributed by atoms with Crippen LogP contribution in [0.1, 0.15) is 16.9 Å². The molecule has 0 saturated heterocycles. The summed E-state index contributed by atoms with van der Waals surface area (Å²) >= 11 is 0. The van der Waals surface area contributed by atoms with Gasteiger partial charge in [-0.15, -0.1) is 0 Å². The van der Waals surface area contributed by atoms with E-state index in [2.05, 4.69) is 0 Å². The number of sulfone groups is 1. The lowest BCUT2D eigenvalue weighted by Gasteiger charge is -2.13. The summed E-state index contributed by atoms with van der Waals surface area (Å²) < 4.78 is 37.9. The molecule has 1 heterocycles. The van der Waals surface area contributed by atoms with Gasteiger partial charge in [-0.1, -0.05) is 97.1 Å². The Morgan fingerprint density at radius 3 is 2.05 bits per heavy atom. The summed E-state index contributed by atoms with van der Waals surface area (Å²) in [6.45, 7) is 0.119. The zero-order valence-electron chi connectivity index (χ0n) is 21.1. The molecule has 0 radical (unpaired) electrons. The minimum atomic E-state index is -3.66. The monoisotopic (exact) mass is 537 g/mol. The molecule has 1 atom stereocenters. The first-order valence-electron chi connectivity index (χ1n) is 12.6. The molecule has 5 rings (SSSR count). The quantitative estimate of drug-likeness (QED) is 0.227. The third kappa shape index (κ3) is 6.69. The number of fused-ring (bicyclic) bond motifs is 1. The van der Waals surface area contributed by atoms with Crippen LogP contribution in [0.2, 0.25) is 0 Å². The lowest BCUT2D eigenvalue weighted by molar-refractivity contribution is -0.146. The molecule has 0 fully saturated rings. The van der Waals surface area contributed by atoms with E-state index < -0.39 is 21.8 Å². The van der Waals surface area contributed by atoms with Gasteiger partial charge in [0.15, 0.2) is 15.9 Å². The molecular formula is C32H27NO5S. The molecule has 6 nitrogen and oxygen atoms in total. The van der Waals surface area contributed by atoms with E-state index in [4.69, 9.17) is 14.1 Å². The molecule has 0 saturated carbocycles. The van der Waals surface area contributed by atoms with Crippen molar-refractivity contribution in [3.8, 4) is 0 Å². The van der Waals surface area contributed by atoms with E-state index in [0.717, 1.165) is 16.5 Å². The van der Waals surface area contributed by atoms with E-state index in [9.17, 15) is 13.2 Å². The van der Waals surface area contributed by atoms with Gasteiger partial charge in [-0.05, 0) is 40.8 Å². The molecule has 0 spiro atoms. The molecule has 0 amide bonds. The van der Waals surface area contributed by atoms with Crippen LogP contribution in [0, 0.1) is 0 Å². The second kappa shape index (κ2) is 11.9. The van der Waals surface area contributed by atoms with Gasteiger partial charge < -0.3 is 9.15 Å². The summed E-state index contributed by atoms with van der Waals surface area (Å²) in [5, 5.41) is 1.43. The summed E-state index contributed by atoms with van der Waals surface area (Å²) in [4.78, 5) is 18.2. The van der Waals surface area contributed by atoms with E-state index in [1.165, 1.54) is 0 Å². The van der Waals surface area contributed by atoms with Crippen LogP contribution in [0.5, 0.6) is 0 Å². The molecular weight excluding hydrogens is 510 g/mol. The number of esters is 1. The molecule has 5 aromatic rings. The summed E-state index contributed by atoms with van der Waals surface area (Å²) in [5.41, 5.74) is 1.96. The molecule has 0 unspecified atom stereocenters. The van der Waals surface area contributed by atoms with Gasteiger partial charge in [0.1, 0.15) is 18.1 Å². The van der Waals surface area contributed by atoms with Gasteiger partial charge >= 0.3 is 5.97 Å². The number of benzene rings is 4. The average molecular weight is 538 g/mol. The molecule has 0 N–H and O–H groups in total.